The zero-order chi connectivity index (χ0) is 32.8. The van der Waals surface area contributed by atoms with Crippen LogP contribution in [0.1, 0.15) is 188 Å². The molecule has 0 rings (SSSR count). The van der Waals surface area contributed by atoms with Crippen LogP contribution >= 0.6 is 14.3 Å². The molecule has 0 aliphatic carbocycles. The molecule has 0 heterocycles. The number of carbonyl (C=O) groups is 1. The summed E-state index contributed by atoms with van der Waals surface area (Å²) in [4.78, 5) is 13.8. The summed E-state index contributed by atoms with van der Waals surface area (Å²) < 4.78 is 29.1. The summed E-state index contributed by atoms with van der Waals surface area (Å²) in [5.41, 5.74) is 0. The van der Waals surface area contributed by atoms with Crippen molar-refractivity contribution in [3.8, 4) is 0 Å². The number of carboxylic acids is 1. The Morgan fingerprint density at radius 2 is 0.705 bits per heavy atom. The molecule has 0 aliphatic rings. The molecule has 0 atom stereocenters. The van der Waals surface area contributed by atoms with Gasteiger partial charge in [-0.1, -0.05) is 156 Å². The van der Waals surface area contributed by atoms with E-state index < -0.39 is 20.3 Å². The largest absolute Gasteiger partial charge is 0.481 e. The Balaban J connectivity index is 5.59. The van der Waals surface area contributed by atoms with Crippen LogP contribution in [0.2, 0.25) is 0 Å². The molecule has 0 saturated carbocycles. The molecule has 0 spiro atoms. The van der Waals surface area contributed by atoms with Crippen molar-refractivity contribution in [2.75, 3.05) is 43.8 Å². The van der Waals surface area contributed by atoms with Crippen molar-refractivity contribution < 1.29 is 19.0 Å². The number of nitrogens with zero attached hydrogens (tertiary/aromatic N) is 1. The maximum absolute atomic E-state index is 14.6. The second-order valence-electron chi connectivity index (χ2n) is 13.9. The van der Waals surface area contributed by atoms with E-state index in [9.17, 15) is 19.0 Å². The fraction of sp³-hybridized carbons (Fsp3) is 0.973. The van der Waals surface area contributed by atoms with Gasteiger partial charge in [0, 0.05) is 31.2 Å². The Labute approximate surface area is 275 Å². The predicted molar refractivity (Wildman–Crippen MR) is 197 cm³/mol. The zero-order valence-electron chi connectivity index (χ0n) is 30.1. The van der Waals surface area contributed by atoms with Crippen molar-refractivity contribution in [3.63, 3.8) is 0 Å². The average molecular weight is 662 g/mol. The van der Waals surface area contributed by atoms with Crippen LogP contribution in [0.3, 0.4) is 0 Å². The fourth-order valence-electron chi connectivity index (χ4n) is 6.40. The monoisotopic (exact) mass is 662 g/mol. The molecule has 0 amide bonds. The molecular weight excluding hydrogens is 584 g/mol. The van der Waals surface area contributed by atoms with E-state index in [0.717, 1.165) is 76.0 Å². The Kier molecular flexibility index (Phi) is 30.2. The third-order valence-corrected chi connectivity index (χ3v) is 15.6. The summed E-state index contributed by atoms with van der Waals surface area (Å²) >= 11 is 0. The molecule has 0 radical (unpaired) electrons. The van der Waals surface area contributed by atoms with Crippen LogP contribution in [0.15, 0.2) is 0 Å². The molecular formula is C37H77NO4P2. The first kappa shape index (κ1) is 43.9. The van der Waals surface area contributed by atoms with Crippen LogP contribution in [-0.2, 0) is 13.9 Å². The molecule has 44 heavy (non-hydrogen) atoms. The van der Waals surface area contributed by atoms with Gasteiger partial charge in [0.15, 0.2) is 0 Å². The van der Waals surface area contributed by atoms with Crippen LogP contribution in [-0.4, -0.2) is 59.7 Å². The Morgan fingerprint density at radius 1 is 0.455 bits per heavy atom. The lowest BCUT2D eigenvalue weighted by atomic mass is 10.1. The number of carboxylic acid groups (broad SMARTS) is 1. The van der Waals surface area contributed by atoms with Gasteiger partial charge in [-0.15, -0.1) is 0 Å². The third-order valence-electron chi connectivity index (χ3n) is 9.23. The van der Waals surface area contributed by atoms with E-state index in [1.54, 1.807) is 0 Å². The highest BCUT2D eigenvalue weighted by Crippen LogP contribution is 2.53. The van der Waals surface area contributed by atoms with Crippen LogP contribution in [0.5, 0.6) is 0 Å². The molecule has 5 nitrogen and oxygen atoms in total. The molecule has 0 unspecified atom stereocenters. The second kappa shape index (κ2) is 30.2. The van der Waals surface area contributed by atoms with Gasteiger partial charge in [-0.05, 0) is 25.7 Å². The fourth-order valence-corrected chi connectivity index (χ4v) is 12.7. The number of hydrogen-bond donors (Lipinski definition) is 1. The first-order valence-electron chi connectivity index (χ1n) is 19.3. The van der Waals surface area contributed by atoms with E-state index in [4.69, 9.17) is 0 Å². The van der Waals surface area contributed by atoms with Gasteiger partial charge in [0.05, 0.1) is 19.0 Å². The standard InChI is InChI=1S/C37H77NO4P2/c1-5-9-13-17-21-25-31-43(41,32-26-22-18-14-10-6-2)35-38(30-29-37(39)40)36-44(42,33-27-23-19-15-11-7-3)34-28-24-20-16-12-8-4/h5-36H2,1-4H3,(H,39,40). The molecule has 0 fully saturated rings. The van der Waals surface area contributed by atoms with Gasteiger partial charge >= 0.3 is 5.97 Å². The minimum atomic E-state index is -2.51. The van der Waals surface area contributed by atoms with Crippen molar-refractivity contribution in [1.29, 1.82) is 0 Å². The van der Waals surface area contributed by atoms with Crippen molar-refractivity contribution in [2.24, 2.45) is 0 Å². The zero-order valence-corrected chi connectivity index (χ0v) is 31.9. The Bertz CT molecular complexity index is 653. The van der Waals surface area contributed by atoms with Gasteiger partial charge in [0.25, 0.3) is 0 Å². The summed E-state index contributed by atoms with van der Waals surface area (Å²) in [6.07, 6.45) is 32.3. The SMILES string of the molecule is CCCCCCCCP(=O)(CCCCCCCC)CN(CCC(=O)O)CP(=O)(CCCCCCCC)CCCCCCCC. The topological polar surface area (TPSA) is 74.7 Å². The van der Waals surface area contributed by atoms with Gasteiger partial charge in [0.2, 0.25) is 0 Å². The third kappa shape index (κ3) is 27.0. The summed E-state index contributed by atoms with van der Waals surface area (Å²) in [6, 6.07) is 0. The maximum Gasteiger partial charge on any atom is 0.304 e. The number of unbranched alkanes of at least 4 members (excludes halogenated alkanes) is 20. The van der Waals surface area contributed by atoms with Gasteiger partial charge in [-0.25, -0.2) is 0 Å². The second-order valence-corrected chi connectivity index (χ2v) is 20.5. The van der Waals surface area contributed by atoms with Crippen molar-refractivity contribution in [3.05, 3.63) is 0 Å². The predicted octanol–water partition coefficient (Wildman–Crippen LogP) is 12.8. The highest BCUT2D eigenvalue weighted by molar-refractivity contribution is 7.64. The molecule has 0 aromatic carbocycles. The molecule has 0 bridgehead atoms. The van der Waals surface area contributed by atoms with Gasteiger partial charge in [-0.2, -0.15) is 0 Å². The van der Waals surface area contributed by atoms with E-state index >= 15 is 0 Å². The lowest BCUT2D eigenvalue weighted by Crippen LogP contribution is -2.31. The molecule has 0 aromatic heterocycles. The lowest BCUT2D eigenvalue weighted by molar-refractivity contribution is -0.137. The average Bonchev–Trinajstić information content (AvgIpc) is 2.99. The maximum atomic E-state index is 14.6. The number of rotatable bonds is 35. The molecule has 0 saturated heterocycles. The van der Waals surface area contributed by atoms with Crippen LogP contribution < -0.4 is 0 Å². The first-order chi connectivity index (χ1) is 21.2. The van der Waals surface area contributed by atoms with E-state index in [1.165, 1.54) is 103 Å². The smallest absolute Gasteiger partial charge is 0.304 e. The van der Waals surface area contributed by atoms with Crippen molar-refractivity contribution in [2.45, 2.75) is 188 Å². The minimum Gasteiger partial charge on any atom is -0.481 e. The van der Waals surface area contributed by atoms with Gasteiger partial charge in [-0.3, -0.25) is 9.69 Å². The first-order valence-corrected chi connectivity index (χ1v) is 23.8. The van der Waals surface area contributed by atoms with Crippen LogP contribution in [0, 0.1) is 0 Å². The molecule has 0 aromatic rings. The van der Waals surface area contributed by atoms with E-state index in [-0.39, 0.29) is 6.42 Å². The lowest BCUT2D eigenvalue weighted by Gasteiger charge is -2.31. The molecule has 7 heteroatoms. The van der Waals surface area contributed by atoms with E-state index in [1.807, 2.05) is 0 Å². The van der Waals surface area contributed by atoms with Crippen LogP contribution in [0.25, 0.3) is 0 Å². The van der Waals surface area contributed by atoms with E-state index in [2.05, 4.69) is 32.6 Å². The summed E-state index contributed by atoms with van der Waals surface area (Å²) in [5, 5.41) is 9.57. The minimum absolute atomic E-state index is 0.0298. The molecule has 264 valence electrons. The van der Waals surface area contributed by atoms with Crippen molar-refractivity contribution in [1.82, 2.24) is 4.90 Å². The van der Waals surface area contributed by atoms with Gasteiger partial charge in [0.1, 0.15) is 14.3 Å². The number of aliphatic carboxylic acids is 1. The molecule has 1 N–H and O–H groups in total. The summed E-state index contributed by atoms with van der Waals surface area (Å²) in [5.74, 6) is -0.821. The Morgan fingerprint density at radius 3 is 0.955 bits per heavy atom. The van der Waals surface area contributed by atoms with E-state index in [0.29, 0.717) is 19.1 Å². The quantitative estimate of drug-likeness (QED) is 0.0540. The Hall–Kier alpha value is -0.110. The normalized spacial score (nSPS) is 12.4. The van der Waals surface area contributed by atoms with Gasteiger partial charge < -0.3 is 14.2 Å². The van der Waals surface area contributed by atoms with Crippen molar-refractivity contribution >= 4 is 20.3 Å². The van der Waals surface area contributed by atoms with Crippen LogP contribution in [0.4, 0.5) is 0 Å². The summed E-state index contributed by atoms with van der Waals surface area (Å²) in [6.45, 7) is 9.30. The highest BCUT2D eigenvalue weighted by atomic mass is 31.2. The summed E-state index contributed by atoms with van der Waals surface area (Å²) in [7, 11) is -5.02. The molecule has 0 aliphatic heterocycles. The number of hydrogen-bond acceptors (Lipinski definition) is 4. The highest BCUT2D eigenvalue weighted by Gasteiger charge is 2.30.